The maximum absolute atomic E-state index is 5.36. The zero-order chi connectivity index (χ0) is 8.32. The van der Waals surface area contributed by atoms with E-state index in [2.05, 4.69) is 6.92 Å². The van der Waals surface area contributed by atoms with Gasteiger partial charge >= 0.3 is 0 Å². The second kappa shape index (κ2) is 3.26. The molecule has 0 radical (unpaired) electrons. The van der Waals surface area contributed by atoms with Crippen molar-refractivity contribution in [2.75, 3.05) is 19.8 Å². The predicted molar refractivity (Wildman–Crippen MR) is 44.3 cm³/mol. The third-order valence-electron chi connectivity index (χ3n) is 1.65. The van der Waals surface area contributed by atoms with Crippen LogP contribution in [0.4, 0.5) is 0 Å². The van der Waals surface area contributed by atoms with E-state index in [4.69, 9.17) is 9.47 Å². The maximum atomic E-state index is 5.36. The highest BCUT2D eigenvalue weighted by molar-refractivity contribution is 4.88. The average Bonchev–Trinajstić information content (AvgIpc) is 1.83. The van der Waals surface area contributed by atoms with Gasteiger partial charge in [-0.15, -0.1) is 0 Å². The first kappa shape index (κ1) is 8.60. The van der Waals surface area contributed by atoms with E-state index >= 15 is 0 Å². The van der Waals surface area contributed by atoms with Crippen molar-refractivity contribution >= 4 is 0 Å². The summed E-state index contributed by atoms with van der Waals surface area (Å²) in [4.78, 5) is 0. The van der Waals surface area contributed by atoms with Gasteiger partial charge in [0, 0.05) is 5.41 Å². The van der Waals surface area contributed by atoms with Crippen LogP contribution in [0.5, 0.6) is 0 Å². The second-order valence-electron chi connectivity index (χ2n) is 3.81. The lowest BCUT2D eigenvalue weighted by Gasteiger charge is -2.37. The van der Waals surface area contributed by atoms with Crippen LogP contribution in [0.2, 0.25) is 0 Å². The Bertz CT molecular complexity index is 153. The summed E-state index contributed by atoms with van der Waals surface area (Å²) in [5.41, 5.74) is 1.47. The van der Waals surface area contributed by atoms with E-state index in [-0.39, 0.29) is 5.41 Å². The SMILES string of the molecule is CC(C)=COCC1(C)COC1. The lowest BCUT2D eigenvalue weighted by atomic mass is 9.90. The number of hydrogen-bond donors (Lipinski definition) is 0. The molecule has 1 fully saturated rings. The summed E-state index contributed by atoms with van der Waals surface area (Å²) in [6, 6.07) is 0. The van der Waals surface area contributed by atoms with Crippen molar-refractivity contribution in [2.45, 2.75) is 20.8 Å². The molecule has 0 aliphatic carbocycles. The molecule has 1 saturated heterocycles. The van der Waals surface area contributed by atoms with Gasteiger partial charge in [-0.1, -0.05) is 6.92 Å². The van der Waals surface area contributed by atoms with Crippen molar-refractivity contribution in [3.05, 3.63) is 11.8 Å². The Hall–Kier alpha value is -0.500. The molecule has 0 unspecified atom stereocenters. The van der Waals surface area contributed by atoms with Gasteiger partial charge in [0.15, 0.2) is 0 Å². The van der Waals surface area contributed by atoms with Gasteiger partial charge < -0.3 is 9.47 Å². The second-order valence-corrected chi connectivity index (χ2v) is 3.81. The number of ether oxygens (including phenoxy) is 2. The summed E-state index contributed by atoms with van der Waals surface area (Å²) in [5.74, 6) is 0. The molecule has 0 aromatic rings. The summed E-state index contributed by atoms with van der Waals surface area (Å²) in [6.45, 7) is 8.68. The maximum Gasteiger partial charge on any atom is 0.0971 e. The van der Waals surface area contributed by atoms with Gasteiger partial charge in [0.25, 0.3) is 0 Å². The van der Waals surface area contributed by atoms with Crippen LogP contribution in [0, 0.1) is 5.41 Å². The smallest absolute Gasteiger partial charge is 0.0971 e. The molecule has 0 atom stereocenters. The predicted octanol–water partition coefficient (Wildman–Crippen LogP) is 1.96. The van der Waals surface area contributed by atoms with Crippen molar-refractivity contribution < 1.29 is 9.47 Å². The van der Waals surface area contributed by atoms with Gasteiger partial charge in [0.1, 0.15) is 0 Å². The molecule has 2 heteroatoms. The molecule has 11 heavy (non-hydrogen) atoms. The monoisotopic (exact) mass is 156 g/mol. The first-order valence-electron chi connectivity index (χ1n) is 3.95. The highest BCUT2D eigenvalue weighted by Gasteiger charge is 2.33. The fourth-order valence-corrected chi connectivity index (χ4v) is 0.943. The van der Waals surface area contributed by atoms with Crippen LogP contribution in [0.3, 0.4) is 0 Å². The van der Waals surface area contributed by atoms with E-state index in [1.807, 2.05) is 20.1 Å². The normalized spacial score (nSPS) is 20.3. The minimum Gasteiger partial charge on any atom is -0.501 e. The van der Waals surface area contributed by atoms with E-state index in [0.717, 1.165) is 19.8 Å². The van der Waals surface area contributed by atoms with E-state index in [1.54, 1.807) is 0 Å². The fraction of sp³-hybridized carbons (Fsp3) is 0.778. The Morgan fingerprint density at radius 2 is 2.18 bits per heavy atom. The molecule has 0 aromatic carbocycles. The summed E-state index contributed by atoms with van der Waals surface area (Å²) >= 11 is 0. The molecule has 0 saturated carbocycles. The Labute approximate surface area is 68.2 Å². The Morgan fingerprint density at radius 1 is 1.55 bits per heavy atom. The van der Waals surface area contributed by atoms with Gasteiger partial charge in [-0.2, -0.15) is 0 Å². The fourth-order valence-electron chi connectivity index (χ4n) is 0.943. The summed E-state index contributed by atoms with van der Waals surface area (Å²) in [7, 11) is 0. The Kier molecular flexibility index (Phi) is 2.55. The van der Waals surface area contributed by atoms with Crippen LogP contribution in [-0.2, 0) is 9.47 Å². The van der Waals surface area contributed by atoms with Crippen LogP contribution in [-0.4, -0.2) is 19.8 Å². The summed E-state index contributed by atoms with van der Waals surface area (Å²) in [6.07, 6.45) is 1.81. The van der Waals surface area contributed by atoms with Gasteiger partial charge in [-0.05, 0) is 19.4 Å². The Balaban J connectivity index is 2.16. The zero-order valence-corrected chi connectivity index (χ0v) is 7.52. The lowest BCUT2D eigenvalue weighted by molar-refractivity contribution is -0.126. The molecule has 0 bridgehead atoms. The molecule has 1 aliphatic heterocycles. The molecular formula is C9H16O2. The lowest BCUT2D eigenvalue weighted by Crippen LogP contribution is -2.43. The first-order valence-corrected chi connectivity index (χ1v) is 3.95. The molecule has 0 spiro atoms. The van der Waals surface area contributed by atoms with E-state index in [9.17, 15) is 0 Å². The minimum atomic E-state index is 0.270. The Morgan fingerprint density at radius 3 is 2.55 bits per heavy atom. The largest absolute Gasteiger partial charge is 0.501 e. The summed E-state index contributed by atoms with van der Waals surface area (Å²) < 4.78 is 10.5. The van der Waals surface area contributed by atoms with Crippen molar-refractivity contribution in [1.29, 1.82) is 0 Å². The van der Waals surface area contributed by atoms with Crippen LogP contribution in [0.25, 0.3) is 0 Å². The number of allylic oxidation sites excluding steroid dienone is 1. The molecule has 1 aliphatic rings. The van der Waals surface area contributed by atoms with Crippen molar-refractivity contribution in [1.82, 2.24) is 0 Å². The van der Waals surface area contributed by atoms with E-state index in [0.29, 0.717) is 0 Å². The van der Waals surface area contributed by atoms with Crippen molar-refractivity contribution in [3.63, 3.8) is 0 Å². The molecule has 1 heterocycles. The molecular weight excluding hydrogens is 140 g/mol. The van der Waals surface area contributed by atoms with Crippen molar-refractivity contribution in [2.24, 2.45) is 5.41 Å². The van der Waals surface area contributed by atoms with E-state index in [1.165, 1.54) is 5.57 Å². The van der Waals surface area contributed by atoms with E-state index < -0.39 is 0 Å². The van der Waals surface area contributed by atoms with Gasteiger partial charge in [-0.3, -0.25) is 0 Å². The molecule has 0 N–H and O–H groups in total. The highest BCUT2D eigenvalue weighted by Crippen LogP contribution is 2.26. The molecule has 0 amide bonds. The first-order chi connectivity index (χ1) is 5.12. The third kappa shape index (κ3) is 2.54. The zero-order valence-electron chi connectivity index (χ0n) is 7.52. The van der Waals surface area contributed by atoms with Crippen LogP contribution < -0.4 is 0 Å². The molecule has 64 valence electrons. The van der Waals surface area contributed by atoms with Crippen molar-refractivity contribution in [3.8, 4) is 0 Å². The minimum absolute atomic E-state index is 0.270. The average molecular weight is 156 g/mol. The number of hydrogen-bond acceptors (Lipinski definition) is 2. The molecule has 1 rings (SSSR count). The molecule has 2 nitrogen and oxygen atoms in total. The van der Waals surface area contributed by atoms with Gasteiger partial charge in [0.05, 0.1) is 26.1 Å². The van der Waals surface area contributed by atoms with Crippen LogP contribution in [0.15, 0.2) is 11.8 Å². The van der Waals surface area contributed by atoms with Crippen LogP contribution >= 0.6 is 0 Å². The quantitative estimate of drug-likeness (QED) is 0.581. The highest BCUT2D eigenvalue weighted by atomic mass is 16.5. The third-order valence-corrected chi connectivity index (χ3v) is 1.65. The topological polar surface area (TPSA) is 18.5 Å². The molecule has 0 aromatic heterocycles. The summed E-state index contributed by atoms with van der Waals surface area (Å²) in [5, 5.41) is 0. The van der Waals surface area contributed by atoms with Gasteiger partial charge in [-0.25, -0.2) is 0 Å². The van der Waals surface area contributed by atoms with Crippen LogP contribution in [0.1, 0.15) is 20.8 Å². The van der Waals surface area contributed by atoms with Gasteiger partial charge in [0.2, 0.25) is 0 Å². The number of rotatable bonds is 3. The standard InChI is InChI=1S/C9H16O2/c1-8(2)4-10-5-9(3)6-11-7-9/h4H,5-7H2,1-3H3.